The first-order chi connectivity index (χ1) is 17.8. The molecule has 0 saturated carbocycles. The van der Waals surface area contributed by atoms with E-state index in [1.54, 1.807) is 24.3 Å². The van der Waals surface area contributed by atoms with Gasteiger partial charge in [0.15, 0.2) is 0 Å². The van der Waals surface area contributed by atoms with Crippen molar-refractivity contribution in [3.05, 3.63) is 79.9 Å². The zero-order valence-electron chi connectivity index (χ0n) is 22.3. The van der Waals surface area contributed by atoms with E-state index in [4.69, 9.17) is 9.47 Å². The van der Waals surface area contributed by atoms with Crippen molar-refractivity contribution in [1.29, 1.82) is 0 Å². The summed E-state index contributed by atoms with van der Waals surface area (Å²) in [6.45, 7) is 2.66. The van der Waals surface area contributed by atoms with Gasteiger partial charge in [0.2, 0.25) is 0 Å². The van der Waals surface area contributed by atoms with Crippen LogP contribution in [-0.4, -0.2) is 85.2 Å². The number of hydrogen-bond acceptors (Lipinski definition) is 8. The average molecular weight is 533 g/mol. The van der Waals surface area contributed by atoms with E-state index in [0.717, 1.165) is 11.1 Å². The molecule has 0 aromatic heterocycles. The fourth-order valence-electron chi connectivity index (χ4n) is 3.75. The number of likely N-dealkylation sites (N-methyl/N-ethyl adjacent to an activating group) is 2. The van der Waals surface area contributed by atoms with Crippen LogP contribution in [-0.2, 0) is 32.2 Å². The summed E-state index contributed by atoms with van der Waals surface area (Å²) in [6, 6.07) is 12.7. The fraction of sp³-hybridized carbons (Fsp3) is 0.462. The van der Waals surface area contributed by atoms with Gasteiger partial charge in [0.05, 0.1) is 50.9 Å². The quantitative estimate of drug-likeness (QED) is 0.147. The maximum absolute atomic E-state index is 12.0. The highest BCUT2D eigenvalue weighted by molar-refractivity contribution is 5.77. The second kappa shape index (κ2) is 13.6. The summed E-state index contributed by atoms with van der Waals surface area (Å²) in [7, 11) is 7.87. The van der Waals surface area contributed by atoms with Crippen LogP contribution in [0.15, 0.2) is 48.5 Å². The first-order valence-electron chi connectivity index (χ1n) is 12.2. The van der Waals surface area contributed by atoms with Gasteiger partial charge in [0.1, 0.15) is 39.4 Å². The van der Waals surface area contributed by atoms with Crippen LogP contribution in [0.4, 0.5) is 11.4 Å². The van der Waals surface area contributed by atoms with Crippen molar-refractivity contribution in [2.24, 2.45) is 0 Å². The van der Waals surface area contributed by atoms with E-state index in [0.29, 0.717) is 35.1 Å². The summed E-state index contributed by atoms with van der Waals surface area (Å²) in [5, 5.41) is 21.6. The molecule has 2 aromatic carbocycles. The number of esters is 2. The summed E-state index contributed by atoms with van der Waals surface area (Å²) >= 11 is 0. The molecular formula is C26H36N4O8+2. The molecule has 0 aliphatic rings. The molecule has 0 saturated heterocycles. The highest BCUT2D eigenvalue weighted by atomic mass is 16.6. The highest BCUT2D eigenvalue weighted by Gasteiger charge is 2.20. The molecule has 0 N–H and O–H groups in total. The molecule has 206 valence electrons. The Labute approximate surface area is 221 Å². The summed E-state index contributed by atoms with van der Waals surface area (Å²) < 4.78 is 11.6. The number of quaternary nitrogens is 2. The molecule has 0 heterocycles. The number of nitro benzene ring substituents is 2. The third-order valence-corrected chi connectivity index (χ3v) is 5.97. The summed E-state index contributed by atoms with van der Waals surface area (Å²) in [6.07, 6.45) is -0.148. The third-order valence-electron chi connectivity index (χ3n) is 5.97. The summed E-state index contributed by atoms with van der Waals surface area (Å²) in [5.74, 6) is -0.960. The number of ether oxygens (including phenoxy) is 2. The van der Waals surface area contributed by atoms with E-state index in [1.165, 1.54) is 24.3 Å². The number of carbonyl (C=O) groups excluding carboxylic acids is 2. The minimum absolute atomic E-state index is 0.0385. The van der Waals surface area contributed by atoms with Crippen molar-refractivity contribution in [2.45, 2.75) is 25.9 Å². The van der Waals surface area contributed by atoms with Crippen LogP contribution in [0.2, 0.25) is 0 Å². The smallest absolute Gasteiger partial charge is 0.306 e. The molecule has 38 heavy (non-hydrogen) atoms. The highest BCUT2D eigenvalue weighted by Crippen LogP contribution is 2.16. The molecule has 0 spiro atoms. The number of nitro groups is 2. The zero-order valence-corrected chi connectivity index (χ0v) is 22.3. The van der Waals surface area contributed by atoms with Gasteiger partial charge in [-0.25, -0.2) is 0 Å². The van der Waals surface area contributed by atoms with Crippen LogP contribution in [0.5, 0.6) is 0 Å². The predicted molar refractivity (Wildman–Crippen MR) is 139 cm³/mol. The number of carbonyl (C=O) groups is 2. The number of hydrogen-bond donors (Lipinski definition) is 0. The lowest BCUT2D eigenvalue weighted by molar-refractivity contribution is -0.903. The standard InChI is InChI=1S/C26H36N4O8/c1-29(2,19-21-5-9-23(10-6-21)27(33)34)15-17-37-25(31)13-14-26(32)38-18-16-30(3,4)20-22-7-11-24(12-8-22)28(35)36/h5-12H,13-20H2,1-4H3/q+2. The first kappa shape index (κ1) is 30.3. The molecule has 0 amide bonds. The van der Waals surface area contributed by atoms with E-state index in [-0.39, 0.29) is 37.4 Å². The van der Waals surface area contributed by atoms with E-state index < -0.39 is 21.8 Å². The molecule has 12 nitrogen and oxygen atoms in total. The lowest BCUT2D eigenvalue weighted by Crippen LogP contribution is -2.42. The molecule has 12 heteroatoms. The Kier molecular flexibility index (Phi) is 10.8. The molecule has 0 unspecified atom stereocenters. The number of non-ortho nitro benzene ring substituents is 2. The van der Waals surface area contributed by atoms with Gasteiger partial charge in [-0.2, -0.15) is 0 Å². The molecule has 0 bridgehead atoms. The van der Waals surface area contributed by atoms with Crippen LogP contribution < -0.4 is 0 Å². The lowest BCUT2D eigenvalue weighted by atomic mass is 10.2. The van der Waals surface area contributed by atoms with Crippen LogP contribution in [0, 0.1) is 20.2 Å². The Morgan fingerprint density at radius 3 is 1.26 bits per heavy atom. The van der Waals surface area contributed by atoms with E-state index in [1.807, 2.05) is 28.2 Å². The molecule has 0 radical (unpaired) electrons. The van der Waals surface area contributed by atoms with Gasteiger partial charge in [0.25, 0.3) is 11.4 Å². The van der Waals surface area contributed by atoms with Crippen molar-refractivity contribution in [3.63, 3.8) is 0 Å². The second-order valence-electron chi connectivity index (χ2n) is 10.4. The van der Waals surface area contributed by atoms with Crippen LogP contribution >= 0.6 is 0 Å². The van der Waals surface area contributed by atoms with Crippen molar-refractivity contribution in [1.82, 2.24) is 0 Å². The summed E-state index contributed by atoms with van der Waals surface area (Å²) in [5.41, 5.74) is 1.95. The fourth-order valence-corrected chi connectivity index (χ4v) is 3.75. The van der Waals surface area contributed by atoms with E-state index in [2.05, 4.69) is 0 Å². The minimum Gasteiger partial charge on any atom is -0.460 e. The Hall–Kier alpha value is -3.90. The van der Waals surface area contributed by atoms with Crippen molar-refractivity contribution in [3.8, 4) is 0 Å². The largest absolute Gasteiger partial charge is 0.460 e. The Morgan fingerprint density at radius 2 is 0.974 bits per heavy atom. The number of nitrogens with zero attached hydrogens (tertiary/aromatic N) is 4. The number of rotatable bonds is 15. The SMILES string of the molecule is C[N+](C)(CCOC(=O)CCC(=O)OCC[N+](C)(C)Cc1ccc([N+](=O)[O-])cc1)Cc1ccc([N+](=O)[O-])cc1. The maximum Gasteiger partial charge on any atom is 0.306 e. The van der Waals surface area contributed by atoms with Gasteiger partial charge >= 0.3 is 11.9 Å². The van der Waals surface area contributed by atoms with Gasteiger partial charge in [-0.05, 0) is 24.3 Å². The van der Waals surface area contributed by atoms with Gasteiger partial charge in [0, 0.05) is 35.4 Å². The summed E-state index contributed by atoms with van der Waals surface area (Å²) in [4.78, 5) is 44.8. The zero-order chi connectivity index (χ0) is 28.3. The van der Waals surface area contributed by atoms with Gasteiger partial charge in [-0.3, -0.25) is 29.8 Å². The molecule has 2 rings (SSSR count). The van der Waals surface area contributed by atoms with Gasteiger partial charge in [-0.1, -0.05) is 0 Å². The minimum atomic E-state index is -0.480. The monoisotopic (exact) mass is 532 g/mol. The Bertz CT molecular complexity index is 1030. The van der Waals surface area contributed by atoms with Crippen LogP contribution in [0.1, 0.15) is 24.0 Å². The maximum atomic E-state index is 12.0. The van der Waals surface area contributed by atoms with Gasteiger partial charge in [-0.15, -0.1) is 0 Å². The Morgan fingerprint density at radius 1 is 0.658 bits per heavy atom. The normalized spacial score (nSPS) is 11.6. The molecule has 0 aliphatic carbocycles. The Balaban J connectivity index is 1.63. The van der Waals surface area contributed by atoms with E-state index >= 15 is 0 Å². The molecule has 2 aromatic rings. The van der Waals surface area contributed by atoms with Crippen molar-refractivity contribution in [2.75, 3.05) is 54.5 Å². The van der Waals surface area contributed by atoms with Crippen LogP contribution in [0.3, 0.4) is 0 Å². The molecule has 0 atom stereocenters. The average Bonchev–Trinajstić information content (AvgIpc) is 2.82. The predicted octanol–water partition coefficient (Wildman–Crippen LogP) is 3.22. The van der Waals surface area contributed by atoms with Crippen LogP contribution in [0.25, 0.3) is 0 Å². The molecular weight excluding hydrogens is 496 g/mol. The first-order valence-corrected chi connectivity index (χ1v) is 12.2. The number of benzene rings is 2. The molecule has 0 aliphatic heterocycles. The van der Waals surface area contributed by atoms with Crippen molar-refractivity contribution < 1.29 is 37.9 Å². The second-order valence-corrected chi connectivity index (χ2v) is 10.4. The lowest BCUT2D eigenvalue weighted by Gasteiger charge is -2.29. The van der Waals surface area contributed by atoms with Crippen molar-refractivity contribution >= 4 is 23.3 Å². The van der Waals surface area contributed by atoms with E-state index in [9.17, 15) is 29.8 Å². The third kappa shape index (κ3) is 11.0. The topological polar surface area (TPSA) is 139 Å². The van der Waals surface area contributed by atoms with Gasteiger partial charge < -0.3 is 18.4 Å². The molecule has 0 fully saturated rings.